The molecule has 3 nitrogen and oxygen atoms in total. The first-order valence-electron chi connectivity index (χ1n) is 3.08. The van der Waals surface area contributed by atoms with Gasteiger partial charge in [-0.1, -0.05) is 6.42 Å². The summed E-state index contributed by atoms with van der Waals surface area (Å²) in [6.45, 7) is 0. The second-order valence-corrected chi connectivity index (χ2v) is 4.48. The Morgan fingerprint density at radius 2 is 2.00 bits per heavy atom. The van der Waals surface area contributed by atoms with Crippen LogP contribution < -0.4 is 4.72 Å². The lowest BCUT2D eigenvalue weighted by Crippen LogP contribution is -2.36. The van der Waals surface area contributed by atoms with E-state index >= 15 is 0 Å². The SMILES string of the molecule is CS(O)(O)NC1CCC1. The van der Waals surface area contributed by atoms with Crippen molar-refractivity contribution in [2.75, 3.05) is 6.26 Å². The average Bonchev–Trinajstić information content (AvgIpc) is 1.53. The van der Waals surface area contributed by atoms with Crippen LogP contribution in [0.3, 0.4) is 0 Å². The molecule has 3 N–H and O–H groups in total. The van der Waals surface area contributed by atoms with Gasteiger partial charge in [0.05, 0.1) is 0 Å². The lowest BCUT2D eigenvalue weighted by Gasteiger charge is -2.37. The summed E-state index contributed by atoms with van der Waals surface area (Å²) in [6, 6.07) is 0.361. The smallest absolute Gasteiger partial charge is 0.0416 e. The molecule has 9 heavy (non-hydrogen) atoms. The second-order valence-electron chi connectivity index (χ2n) is 2.58. The highest BCUT2D eigenvalue weighted by molar-refractivity contribution is 8.22. The van der Waals surface area contributed by atoms with Crippen LogP contribution in [-0.4, -0.2) is 21.4 Å². The molecular weight excluding hydrogens is 138 g/mol. The highest BCUT2D eigenvalue weighted by Crippen LogP contribution is 2.33. The van der Waals surface area contributed by atoms with Gasteiger partial charge in [-0.2, -0.15) is 0 Å². The summed E-state index contributed by atoms with van der Waals surface area (Å²) in [7, 11) is -2.43. The molecule has 0 saturated heterocycles. The predicted molar refractivity (Wildman–Crippen MR) is 39.5 cm³/mol. The standard InChI is InChI=1S/C5H13NO2S/c1-9(7,8)6-5-3-2-4-5/h5-8H,2-4H2,1H3. The third-order valence-electron chi connectivity index (χ3n) is 1.50. The minimum Gasteiger partial charge on any atom is -0.286 e. The Kier molecular flexibility index (Phi) is 2.00. The van der Waals surface area contributed by atoms with Gasteiger partial charge < -0.3 is 0 Å². The third kappa shape index (κ3) is 2.53. The maximum atomic E-state index is 8.88. The van der Waals surface area contributed by atoms with E-state index in [9.17, 15) is 0 Å². The van der Waals surface area contributed by atoms with Crippen molar-refractivity contribution in [1.29, 1.82) is 0 Å². The van der Waals surface area contributed by atoms with Crippen LogP contribution in [0.2, 0.25) is 0 Å². The largest absolute Gasteiger partial charge is 0.286 e. The lowest BCUT2D eigenvalue weighted by atomic mass is 9.94. The Bertz CT molecular complexity index is 97.6. The highest BCUT2D eigenvalue weighted by atomic mass is 32.3. The fourth-order valence-corrected chi connectivity index (χ4v) is 1.71. The number of hydrogen-bond acceptors (Lipinski definition) is 3. The van der Waals surface area contributed by atoms with Gasteiger partial charge in [0.2, 0.25) is 0 Å². The van der Waals surface area contributed by atoms with Gasteiger partial charge in [-0.3, -0.25) is 9.11 Å². The van der Waals surface area contributed by atoms with Gasteiger partial charge in [0.15, 0.2) is 0 Å². The monoisotopic (exact) mass is 151 g/mol. The van der Waals surface area contributed by atoms with Crippen molar-refractivity contribution in [2.45, 2.75) is 25.3 Å². The molecule has 0 heterocycles. The van der Waals surface area contributed by atoms with E-state index in [1.54, 1.807) is 0 Å². The third-order valence-corrected chi connectivity index (χ3v) is 2.27. The van der Waals surface area contributed by atoms with Gasteiger partial charge in [-0.15, -0.1) is 10.8 Å². The Hall–Kier alpha value is 0.230. The van der Waals surface area contributed by atoms with Crippen molar-refractivity contribution < 1.29 is 9.11 Å². The number of nitrogens with one attached hydrogen (secondary N) is 1. The highest BCUT2D eigenvalue weighted by Gasteiger charge is 2.20. The van der Waals surface area contributed by atoms with Crippen LogP contribution in [-0.2, 0) is 0 Å². The molecule has 0 aliphatic heterocycles. The summed E-state index contributed by atoms with van der Waals surface area (Å²) in [6.07, 6.45) is 4.81. The van der Waals surface area contributed by atoms with E-state index in [-0.39, 0.29) is 0 Å². The van der Waals surface area contributed by atoms with Gasteiger partial charge in [0, 0.05) is 12.3 Å². The Labute approximate surface area is 56.9 Å². The molecule has 0 unspecified atom stereocenters. The van der Waals surface area contributed by atoms with Crippen LogP contribution in [0, 0.1) is 0 Å². The van der Waals surface area contributed by atoms with Crippen LogP contribution in [0.4, 0.5) is 0 Å². The van der Waals surface area contributed by atoms with E-state index in [0.717, 1.165) is 12.8 Å². The molecule has 1 fully saturated rings. The molecule has 0 spiro atoms. The lowest BCUT2D eigenvalue weighted by molar-refractivity contribution is 0.364. The molecule has 0 amide bonds. The Morgan fingerprint density at radius 3 is 2.11 bits per heavy atom. The first-order chi connectivity index (χ1) is 4.08. The van der Waals surface area contributed by atoms with Crippen LogP contribution in [0.1, 0.15) is 19.3 Å². The summed E-state index contributed by atoms with van der Waals surface area (Å²) in [4.78, 5) is 0. The molecule has 0 atom stereocenters. The van der Waals surface area contributed by atoms with Crippen LogP contribution in [0.5, 0.6) is 0 Å². The zero-order chi connectivity index (χ0) is 6.91. The van der Waals surface area contributed by atoms with E-state index in [2.05, 4.69) is 4.72 Å². The molecule has 0 aromatic heterocycles. The maximum Gasteiger partial charge on any atom is 0.0416 e. The van der Waals surface area contributed by atoms with Crippen molar-refractivity contribution >= 4 is 10.8 Å². The minimum atomic E-state index is -2.43. The van der Waals surface area contributed by atoms with Crippen molar-refractivity contribution in [2.24, 2.45) is 0 Å². The first kappa shape index (κ1) is 7.34. The molecule has 4 heteroatoms. The van der Waals surface area contributed by atoms with E-state index in [0.29, 0.717) is 6.04 Å². The molecule has 1 aliphatic carbocycles. The molecule has 0 aromatic carbocycles. The summed E-state index contributed by atoms with van der Waals surface area (Å²) in [5, 5.41) is 0. The normalized spacial score (nSPS) is 23.4. The second kappa shape index (κ2) is 2.46. The summed E-state index contributed by atoms with van der Waals surface area (Å²) in [5.74, 6) is 0. The van der Waals surface area contributed by atoms with Gasteiger partial charge >= 0.3 is 0 Å². The Balaban J connectivity index is 2.16. The van der Waals surface area contributed by atoms with Crippen molar-refractivity contribution in [3.8, 4) is 0 Å². The molecule has 1 saturated carbocycles. The molecular formula is C5H13NO2S. The average molecular weight is 151 g/mol. The molecule has 0 radical (unpaired) electrons. The quantitative estimate of drug-likeness (QED) is 0.559. The zero-order valence-electron chi connectivity index (χ0n) is 5.50. The van der Waals surface area contributed by atoms with Gasteiger partial charge in [0.25, 0.3) is 0 Å². The molecule has 0 aromatic rings. The summed E-state index contributed by atoms with van der Waals surface area (Å²) < 4.78 is 20.5. The van der Waals surface area contributed by atoms with E-state index in [4.69, 9.17) is 9.11 Å². The Morgan fingerprint density at radius 1 is 1.44 bits per heavy atom. The molecule has 0 bridgehead atoms. The fourth-order valence-electron chi connectivity index (χ4n) is 0.842. The van der Waals surface area contributed by atoms with Crippen molar-refractivity contribution in [3.05, 3.63) is 0 Å². The predicted octanol–water partition coefficient (Wildman–Crippen LogP) is 1.42. The topological polar surface area (TPSA) is 52.5 Å². The van der Waals surface area contributed by atoms with Crippen molar-refractivity contribution in [3.63, 3.8) is 0 Å². The van der Waals surface area contributed by atoms with E-state index in [1.807, 2.05) is 0 Å². The summed E-state index contributed by atoms with van der Waals surface area (Å²) in [5.41, 5.74) is 0. The fraction of sp³-hybridized carbons (Fsp3) is 1.00. The van der Waals surface area contributed by atoms with Crippen LogP contribution >= 0.6 is 10.8 Å². The number of rotatable bonds is 2. The number of hydrogen-bond donors (Lipinski definition) is 3. The zero-order valence-corrected chi connectivity index (χ0v) is 6.32. The van der Waals surface area contributed by atoms with E-state index < -0.39 is 10.8 Å². The van der Waals surface area contributed by atoms with Crippen molar-refractivity contribution in [1.82, 2.24) is 4.72 Å². The van der Waals surface area contributed by atoms with Crippen LogP contribution in [0.15, 0.2) is 0 Å². The van der Waals surface area contributed by atoms with Gasteiger partial charge in [0.1, 0.15) is 0 Å². The summed E-state index contributed by atoms with van der Waals surface area (Å²) >= 11 is 0. The van der Waals surface area contributed by atoms with Gasteiger partial charge in [-0.05, 0) is 12.8 Å². The van der Waals surface area contributed by atoms with Crippen LogP contribution in [0.25, 0.3) is 0 Å². The molecule has 1 rings (SSSR count). The minimum absolute atomic E-state index is 0.361. The molecule has 56 valence electrons. The molecule has 1 aliphatic rings. The first-order valence-corrected chi connectivity index (χ1v) is 5.04. The maximum absolute atomic E-state index is 8.88. The van der Waals surface area contributed by atoms with Gasteiger partial charge in [-0.25, -0.2) is 4.72 Å². The van der Waals surface area contributed by atoms with E-state index in [1.165, 1.54) is 12.7 Å².